The first-order chi connectivity index (χ1) is 12.5. The lowest BCUT2D eigenvalue weighted by molar-refractivity contribution is -0.121. The molecule has 4 nitrogen and oxygen atoms in total. The lowest BCUT2D eigenvalue weighted by atomic mass is 10.0. The molecule has 1 fully saturated rings. The lowest BCUT2D eigenvalue weighted by Crippen LogP contribution is -2.33. The molecule has 1 saturated carbocycles. The van der Waals surface area contributed by atoms with Gasteiger partial charge in [-0.1, -0.05) is 47.5 Å². The molecule has 26 heavy (non-hydrogen) atoms. The maximum Gasteiger partial charge on any atom is 0.251 e. The van der Waals surface area contributed by atoms with Gasteiger partial charge < -0.3 is 10.6 Å². The maximum atomic E-state index is 12.3. The fraction of sp³-hybridized carbons (Fsp3) is 0.364. The third kappa shape index (κ3) is 4.94. The summed E-state index contributed by atoms with van der Waals surface area (Å²) in [6.45, 7) is 4.35. The van der Waals surface area contributed by atoms with Crippen LogP contribution in [-0.2, 0) is 4.79 Å². The van der Waals surface area contributed by atoms with E-state index in [4.69, 9.17) is 0 Å². The number of hydrogen-bond donors (Lipinski definition) is 2. The minimum atomic E-state index is -0.140. The summed E-state index contributed by atoms with van der Waals surface area (Å²) < 4.78 is 0. The Labute approximate surface area is 155 Å². The van der Waals surface area contributed by atoms with Gasteiger partial charge in [-0.2, -0.15) is 0 Å². The second-order valence-corrected chi connectivity index (χ2v) is 7.17. The smallest absolute Gasteiger partial charge is 0.251 e. The van der Waals surface area contributed by atoms with Crippen LogP contribution in [-0.4, -0.2) is 18.4 Å². The number of benzene rings is 2. The fourth-order valence-electron chi connectivity index (χ4n) is 3.10. The summed E-state index contributed by atoms with van der Waals surface area (Å²) in [4.78, 5) is 24.5. The molecule has 2 N–H and O–H groups in total. The van der Waals surface area contributed by atoms with E-state index in [1.807, 2.05) is 25.1 Å². The summed E-state index contributed by atoms with van der Waals surface area (Å²) >= 11 is 0. The van der Waals surface area contributed by atoms with Crippen LogP contribution in [0.4, 0.5) is 0 Å². The van der Waals surface area contributed by atoms with Crippen molar-refractivity contribution in [2.24, 2.45) is 5.92 Å². The van der Waals surface area contributed by atoms with Gasteiger partial charge in [0.25, 0.3) is 5.91 Å². The quantitative estimate of drug-likeness (QED) is 0.800. The van der Waals surface area contributed by atoms with Crippen LogP contribution in [0.3, 0.4) is 0 Å². The van der Waals surface area contributed by atoms with Crippen LogP contribution in [0.25, 0.3) is 0 Å². The summed E-state index contributed by atoms with van der Waals surface area (Å²) in [5.41, 5.74) is 4.05. The Balaban J connectivity index is 1.49. The van der Waals surface area contributed by atoms with Crippen LogP contribution < -0.4 is 10.6 Å². The molecule has 1 aliphatic carbocycles. The highest BCUT2D eigenvalue weighted by atomic mass is 16.2. The molecule has 0 radical (unpaired) electrons. The van der Waals surface area contributed by atoms with Gasteiger partial charge in [0.15, 0.2) is 0 Å². The van der Waals surface area contributed by atoms with Crippen molar-refractivity contribution in [3.8, 4) is 0 Å². The molecule has 3 rings (SSSR count). The van der Waals surface area contributed by atoms with Gasteiger partial charge in [0.1, 0.15) is 0 Å². The summed E-state index contributed by atoms with van der Waals surface area (Å²) in [5, 5.41) is 5.97. The zero-order valence-corrected chi connectivity index (χ0v) is 15.4. The van der Waals surface area contributed by atoms with Crippen molar-refractivity contribution < 1.29 is 9.59 Å². The highest BCUT2D eigenvalue weighted by Gasteiger charge is 2.33. The SMILES string of the molecule is Cc1ccc(C(NC(=O)CCNC(=O)c2cccc(C)c2)C2CC2)cc1. The lowest BCUT2D eigenvalue weighted by Gasteiger charge is -2.19. The van der Waals surface area contributed by atoms with E-state index in [-0.39, 0.29) is 24.3 Å². The molecule has 0 heterocycles. The molecule has 1 atom stereocenters. The van der Waals surface area contributed by atoms with Crippen molar-refractivity contribution in [2.45, 2.75) is 39.2 Å². The first-order valence-electron chi connectivity index (χ1n) is 9.24. The van der Waals surface area contributed by atoms with E-state index in [1.165, 1.54) is 5.56 Å². The Kier molecular flexibility index (Phi) is 5.71. The van der Waals surface area contributed by atoms with Crippen LogP contribution >= 0.6 is 0 Å². The predicted octanol–water partition coefficient (Wildman–Crippen LogP) is 3.69. The van der Waals surface area contributed by atoms with Crippen molar-refractivity contribution in [3.05, 3.63) is 70.8 Å². The second-order valence-electron chi connectivity index (χ2n) is 7.17. The molecule has 136 valence electrons. The van der Waals surface area contributed by atoms with Gasteiger partial charge in [-0.05, 0) is 50.3 Å². The Hall–Kier alpha value is -2.62. The Morgan fingerprint density at radius 3 is 2.42 bits per heavy atom. The molecular weight excluding hydrogens is 324 g/mol. The number of amides is 2. The van der Waals surface area contributed by atoms with Gasteiger partial charge in [0.05, 0.1) is 6.04 Å². The average molecular weight is 350 g/mol. The van der Waals surface area contributed by atoms with Gasteiger partial charge in [0, 0.05) is 18.5 Å². The normalized spacial score (nSPS) is 14.5. The van der Waals surface area contributed by atoms with Crippen LogP contribution in [0.15, 0.2) is 48.5 Å². The number of aryl methyl sites for hydroxylation is 2. The Morgan fingerprint density at radius 1 is 1.04 bits per heavy atom. The standard InChI is InChI=1S/C22H26N2O2/c1-15-6-8-17(9-7-15)21(18-10-11-18)24-20(25)12-13-23-22(26)19-5-3-4-16(2)14-19/h3-9,14,18,21H,10-13H2,1-2H3,(H,23,26)(H,24,25). The van der Waals surface area contributed by atoms with E-state index < -0.39 is 0 Å². The molecule has 0 saturated heterocycles. The topological polar surface area (TPSA) is 58.2 Å². The molecule has 1 aliphatic rings. The summed E-state index contributed by atoms with van der Waals surface area (Å²) in [6.07, 6.45) is 2.60. The van der Waals surface area contributed by atoms with Gasteiger partial charge in [-0.15, -0.1) is 0 Å². The van der Waals surface area contributed by atoms with Crippen molar-refractivity contribution in [2.75, 3.05) is 6.54 Å². The van der Waals surface area contributed by atoms with Crippen molar-refractivity contribution >= 4 is 11.8 Å². The zero-order valence-electron chi connectivity index (χ0n) is 15.4. The van der Waals surface area contributed by atoms with E-state index in [1.54, 1.807) is 6.07 Å². The van der Waals surface area contributed by atoms with Crippen molar-refractivity contribution in [1.82, 2.24) is 10.6 Å². The largest absolute Gasteiger partial charge is 0.352 e. The highest BCUT2D eigenvalue weighted by Crippen LogP contribution is 2.41. The van der Waals surface area contributed by atoms with E-state index in [0.29, 0.717) is 18.0 Å². The van der Waals surface area contributed by atoms with E-state index in [2.05, 4.69) is 41.8 Å². The summed E-state index contributed by atoms with van der Waals surface area (Å²) in [7, 11) is 0. The molecule has 2 aromatic rings. The summed E-state index contributed by atoms with van der Waals surface area (Å²) in [6, 6.07) is 15.9. The molecule has 0 aliphatic heterocycles. The van der Waals surface area contributed by atoms with Crippen molar-refractivity contribution in [1.29, 1.82) is 0 Å². The Bertz CT molecular complexity index is 779. The van der Waals surface area contributed by atoms with E-state index in [0.717, 1.165) is 24.0 Å². The Morgan fingerprint density at radius 2 is 1.77 bits per heavy atom. The molecule has 0 spiro atoms. The van der Waals surface area contributed by atoms with Gasteiger partial charge in [-0.3, -0.25) is 9.59 Å². The monoisotopic (exact) mass is 350 g/mol. The van der Waals surface area contributed by atoms with Crippen molar-refractivity contribution in [3.63, 3.8) is 0 Å². The fourth-order valence-corrected chi connectivity index (χ4v) is 3.10. The summed E-state index contributed by atoms with van der Waals surface area (Å²) in [5.74, 6) is 0.370. The molecular formula is C22H26N2O2. The van der Waals surface area contributed by atoms with Crippen LogP contribution in [0.2, 0.25) is 0 Å². The van der Waals surface area contributed by atoms with Crippen LogP contribution in [0, 0.1) is 19.8 Å². The van der Waals surface area contributed by atoms with E-state index >= 15 is 0 Å². The molecule has 1 unspecified atom stereocenters. The number of carbonyl (C=O) groups excluding carboxylic acids is 2. The number of carbonyl (C=O) groups is 2. The minimum absolute atomic E-state index is 0.0213. The minimum Gasteiger partial charge on any atom is -0.352 e. The van der Waals surface area contributed by atoms with Gasteiger partial charge in [-0.25, -0.2) is 0 Å². The van der Waals surface area contributed by atoms with Gasteiger partial charge >= 0.3 is 0 Å². The first kappa shape index (κ1) is 18.2. The highest BCUT2D eigenvalue weighted by molar-refractivity contribution is 5.94. The first-order valence-corrected chi connectivity index (χ1v) is 9.24. The molecule has 0 aromatic heterocycles. The van der Waals surface area contributed by atoms with Crippen LogP contribution in [0.1, 0.15) is 52.4 Å². The number of hydrogen-bond acceptors (Lipinski definition) is 2. The van der Waals surface area contributed by atoms with E-state index in [9.17, 15) is 9.59 Å². The molecule has 2 aromatic carbocycles. The van der Waals surface area contributed by atoms with Crippen LogP contribution in [0.5, 0.6) is 0 Å². The average Bonchev–Trinajstić information content (AvgIpc) is 3.45. The van der Waals surface area contributed by atoms with Gasteiger partial charge in [0.2, 0.25) is 5.91 Å². The maximum absolute atomic E-state index is 12.3. The predicted molar refractivity (Wildman–Crippen MR) is 103 cm³/mol. The number of rotatable bonds is 7. The third-order valence-corrected chi connectivity index (χ3v) is 4.76. The second kappa shape index (κ2) is 8.17. The third-order valence-electron chi connectivity index (χ3n) is 4.76. The molecule has 0 bridgehead atoms. The number of nitrogens with one attached hydrogen (secondary N) is 2. The zero-order chi connectivity index (χ0) is 18.5. The molecule has 4 heteroatoms. The molecule has 2 amide bonds.